The maximum atomic E-state index is 14.8. The molecule has 1 saturated heterocycles. The highest BCUT2D eigenvalue weighted by Crippen LogP contribution is 2.35. The number of halogens is 1. The van der Waals surface area contributed by atoms with Gasteiger partial charge in [-0.05, 0) is 72.9 Å². The number of hydrogen-bond acceptors (Lipinski definition) is 3. The fourth-order valence-corrected chi connectivity index (χ4v) is 4.67. The summed E-state index contributed by atoms with van der Waals surface area (Å²) in [6, 6.07) is 10.8. The number of nitriles is 1. The maximum absolute atomic E-state index is 14.8. The zero-order chi connectivity index (χ0) is 20.7. The lowest BCUT2D eigenvalue weighted by atomic mass is 9.75. The van der Waals surface area contributed by atoms with Gasteiger partial charge in [-0.25, -0.2) is 4.39 Å². The Morgan fingerprint density at radius 2 is 1.86 bits per heavy atom. The van der Waals surface area contributed by atoms with Gasteiger partial charge in [0.15, 0.2) is 0 Å². The molecule has 1 aliphatic rings. The highest BCUT2D eigenvalue weighted by Gasteiger charge is 2.36. The van der Waals surface area contributed by atoms with E-state index in [-0.39, 0.29) is 5.82 Å². The maximum Gasteiger partial charge on any atom is 0.128 e. The van der Waals surface area contributed by atoms with Crippen molar-refractivity contribution in [2.45, 2.75) is 90.3 Å². The number of rotatable bonds is 9. The summed E-state index contributed by atoms with van der Waals surface area (Å²) in [5, 5.41) is 10.3. The average Bonchev–Trinajstić information content (AvgIpc) is 2.66. The van der Waals surface area contributed by atoms with E-state index in [1.165, 1.54) is 25.3 Å². The van der Waals surface area contributed by atoms with Gasteiger partial charge in [-0.2, -0.15) is 5.26 Å². The minimum atomic E-state index is -0.787. The van der Waals surface area contributed by atoms with Gasteiger partial charge in [-0.3, -0.25) is 4.90 Å². The van der Waals surface area contributed by atoms with Crippen molar-refractivity contribution in [3.8, 4) is 6.07 Å². The van der Waals surface area contributed by atoms with Crippen LogP contribution in [0.5, 0.6) is 0 Å². The molecule has 156 valence electrons. The highest BCUT2D eigenvalue weighted by atomic mass is 19.1. The standard InChI is InChI=1S/C24H38FN3/c1-19(2)28(20(3)4)17-14-24(18-26,22-11-6-7-12-23(22)25)13-16-27-15-9-8-10-21(27)5/h6-7,11-12,19-21H,8-10,13-17H2,1-5H3. The van der Waals surface area contributed by atoms with E-state index in [0.29, 0.717) is 36.5 Å². The van der Waals surface area contributed by atoms with Crippen LogP contribution in [0.4, 0.5) is 4.39 Å². The smallest absolute Gasteiger partial charge is 0.128 e. The van der Waals surface area contributed by atoms with Crippen LogP contribution in [0.1, 0.15) is 72.3 Å². The molecule has 28 heavy (non-hydrogen) atoms. The normalized spacial score (nSPS) is 20.5. The Labute approximate surface area is 171 Å². The molecule has 0 N–H and O–H groups in total. The molecular weight excluding hydrogens is 349 g/mol. The van der Waals surface area contributed by atoms with Crippen molar-refractivity contribution in [1.82, 2.24) is 9.80 Å². The van der Waals surface area contributed by atoms with Crippen LogP contribution in [0, 0.1) is 17.1 Å². The van der Waals surface area contributed by atoms with Crippen molar-refractivity contribution in [2.24, 2.45) is 0 Å². The summed E-state index contributed by atoms with van der Waals surface area (Å²) >= 11 is 0. The second kappa shape index (κ2) is 10.4. The lowest BCUT2D eigenvalue weighted by Gasteiger charge is -2.38. The zero-order valence-electron chi connectivity index (χ0n) is 18.4. The summed E-state index contributed by atoms with van der Waals surface area (Å²) in [6.07, 6.45) is 5.06. The molecule has 4 heteroatoms. The van der Waals surface area contributed by atoms with E-state index in [4.69, 9.17) is 0 Å². The van der Waals surface area contributed by atoms with Crippen LogP contribution in [0.15, 0.2) is 24.3 Å². The lowest BCUT2D eigenvalue weighted by molar-refractivity contribution is 0.136. The molecular formula is C24H38FN3. The van der Waals surface area contributed by atoms with Crippen molar-refractivity contribution in [2.75, 3.05) is 19.6 Å². The van der Waals surface area contributed by atoms with Crippen LogP contribution < -0.4 is 0 Å². The van der Waals surface area contributed by atoms with Gasteiger partial charge >= 0.3 is 0 Å². The molecule has 0 bridgehead atoms. The summed E-state index contributed by atoms with van der Waals surface area (Å²) in [6.45, 7) is 13.8. The van der Waals surface area contributed by atoms with Crippen LogP contribution in [0.25, 0.3) is 0 Å². The minimum Gasteiger partial charge on any atom is -0.301 e. The van der Waals surface area contributed by atoms with Crippen LogP contribution >= 0.6 is 0 Å². The molecule has 0 aromatic heterocycles. The first-order valence-electron chi connectivity index (χ1n) is 11.0. The van der Waals surface area contributed by atoms with E-state index in [1.54, 1.807) is 6.07 Å². The quantitative estimate of drug-likeness (QED) is 0.571. The Bertz CT molecular complexity index is 643. The summed E-state index contributed by atoms with van der Waals surface area (Å²) in [4.78, 5) is 4.88. The Balaban J connectivity index is 2.26. The van der Waals surface area contributed by atoms with Gasteiger partial charge in [0, 0.05) is 36.8 Å². The molecule has 1 heterocycles. The first kappa shape index (κ1) is 22.8. The second-order valence-corrected chi connectivity index (χ2v) is 8.98. The van der Waals surface area contributed by atoms with Crippen LogP contribution in [-0.2, 0) is 5.41 Å². The van der Waals surface area contributed by atoms with Gasteiger partial charge in [0.1, 0.15) is 5.82 Å². The molecule has 2 rings (SSSR count). The summed E-state index contributed by atoms with van der Waals surface area (Å²) in [7, 11) is 0. The molecule has 2 atom stereocenters. The van der Waals surface area contributed by atoms with Crippen molar-refractivity contribution < 1.29 is 4.39 Å². The molecule has 1 aromatic carbocycles. The molecule has 1 aliphatic heterocycles. The molecule has 0 spiro atoms. The van der Waals surface area contributed by atoms with E-state index in [0.717, 1.165) is 19.6 Å². The molecule has 0 amide bonds. The molecule has 1 aromatic rings. The summed E-state index contributed by atoms with van der Waals surface area (Å²) in [5.41, 5.74) is -0.223. The van der Waals surface area contributed by atoms with E-state index >= 15 is 0 Å². The number of piperidine rings is 1. The largest absolute Gasteiger partial charge is 0.301 e. The van der Waals surface area contributed by atoms with Gasteiger partial charge in [0.2, 0.25) is 0 Å². The van der Waals surface area contributed by atoms with Gasteiger partial charge in [-0.15, -0.1) is 0 Å². The first-order chi connectivity index (χ1) is 13.3. The summed E-state index contributed by atoms with van der Waals surface area (Å²) < 4.78 is 14.8. The molecule has 3 nitrogen and oxygen atoms in total. The Morgan fingerprint density at radius 1 is 1.18 bits per heavy atom. The van der Waals surface area contributed by atoms with Gasteiger partial charge in [0.25, 0.3) is 0 Å². The number of hydrogen-bond donors (Lipinski definition) is 0. The Kier molecular flexibility index (Phi) is 8.46. The zero-order valence-corrected chi connectivity index (χ0v) is 18.4. The first-order valence-corrected chi connectivity index (χ1v) is 11.0. The van der Waals surface area contributed by atoms with Crippen molar-refractivity contribution >= 4 is 0 Å². The Morgan fingerprint density at radius 3 is 2.43 bits per heavy atom. The predicted octanol–water partition coefficient (Wildman–Crippen LogP) is 5.36. The molecule has 0 radical (unpaired) electrons. The average molecular weight is 388 g/mol. The molecule has 2 unspecified atom stereocenters. The second-order valence-electron chi connectivity index (χ2n) is 8.98. The number of benzene rings is 1. The van der Waals surface area contributed by atoms with E-state index < -0.39 is 5.41 Å². The van der Waals surface area contributed by atoms with Crippen LogP contribution in [0.3, 0.4) is 0 Å². The third-order valence-electron chi connectivity index (χ3n) is 6.49. The van der Waals surface area contributed by atoms with Crippen LogP contribution in [-0.4, -0.2) is 47.6 Å². The monoisotopic (exact) mass is 387 g/mol. The number of likely N-dealkylation sites (tertiary alicyclic amines) is 1. The fraction of sp³-hybridized carbons (Fsp3) is 0.708. The highest BCUT2D eigenvalue weighted by molar-refractivity contribution is 5.34. The van der Waals surface area contributed by atoms with Crippen molar-refractivity contribution in [1.29, 1.82) is 5.26 Å². The van der Waals surface area contributed by atoms with E-state index in [9.17, 15) is 9.65 Å². The third-order valence-corrected chi connectivity index (χ3v) is 6.49. The summed E-state index contributed by atoms with van der Waals surface area (Å²) in [5.74, 6) is -0.253. The topological polar surface area (TPSA) is 30.3 Å². The van der Waals surface area contributed by atoms with E-state index in [1.807, 2.05) is 12.1 Å². The predicted molar refractivity (Wildman–Crippen MR) is 115 cm³/mol. The number of nitrogens with zero attached hydrogens (tertiary/aromatic N) is 3. The van der Waals surface area contributed by atoms with E-state index in [2.05, 4.69) is 50.5 Å². The van der Waals surface area contributed by atoms with Crippen LogP contribution in [0.2, 0.25) is 0 Å². The minimum absolute atomic E-state index is 0.253. The van der Waals surface area contributed by atoms with Gasteiger partial charge in [-0.1, -0.05) is 24.6 Å². The lowest BCUT2D eigenvalue weighted by Crippen LogP contribution is -2.43. The van der Waals surface area contributed by atoms with Crippen molar-refractivity contribution in [3.05, 3.63) is 35.6 Å². The Hall–Kier alpha value is -1.44. The third kappa shape index (κ3) is 5.55. The van der Waals surface area contributed by atoms with Gasteiger partial charge in [0.05, 0.1) is 11.5 Å². The molecule has 0 saturated carbocycles. The van der Waals surface area contributed by atoms with Crippen molar-refractivity contribution in [3.63, 3.8) is 0 Å². The van der Waals surface area contributed by atoms with Gasteiger partial charge < -0.3 is 4.90 Å². The molecule has 0 aliphatic carbocycles. The SMILES string of the molecule is CC1CCCCN1CCC(C#N)(CCN(C(C)C)C(C)C)c1ccccc1F. The fourth-order valence-electron chi connectivity index (χ4n) is 4.67. The molecule has 1 fully saturated rings.